The summed E-state index contributed by atoms with van der Waals surface area (Å²) in [4.78, 5) is 4.71. The Morgan fingerprint density at radius 1 is 1.04 bits per heavy atom. The topological polar surface area (TPSA) is 27.1 Å². The van der Waals surface area contributed by atoms with Gasteiger partial charge in [0.15, 0.2) is 0 Å². The number of rotatable bonds is 3. The molecule has 0 N–H and O–H groups in total. The van der Waals surface area contributed by atoms with Crippen LogP contribution >= 0.6 is 15.9 Å². The average molecular weight is 439 g/mol. The van der Waals surface area contributed by atoms with E-state index >= 15 is 0 Å². The third kappa shape index (κ3) is 3.03. The van der Waals surface area contributed by atoms with Gasteiger partial charge in [-0.15, -0.1) is 0 Å². The molecule has 2 aromatic heterocycles. The van der Waals surface area contributed by atoms with Crippen molar-refractivity contribution in [2.24, 2.45) is 5.92 Å². The maximum Gasteiger partial charge on any atom is 0.123 e. The van der Waals surface area contributed by atoms with Gasteiger partial charge in [-0.2, -0.15) is 0 Å². The number of fused-ring (bicyclic) bond motifs is 3. The van der Waals surface area contributed by atoms with Gasteiger partial charge >= 0.3 is 0 Å². The number of para-hydroxylation sites is 1. The Hall–Kier alpha value is -2.24. The summed E-state index contributed by atoms with van der Waals surface area (Å²) >= 11 is 3.59. The van der Waals surface area contributed by atoms with Crippen molar-refractivity contribution in [3.63, 3.8) is 0 Å². The van der Waals surface area contributed by atoms with Crippen molar-refractivity contribution in [2.45, 2.75) is 18.9 Å². The van der Waals surface area contributed by atoms with Crippen LogP contribution < -0.4 is 0 Å². The zero-order chi connectivity index (χ0) is 19.1. The first-order valence-electron chi connectivity index (χ1n) is 9.60. The molecule has 2 aromatic carbocycles. The molecule has 0 spiro atoms. The van der Waals surface area contributed by atoms with E-state index in [1.54, 1.807) is 12.1 Å². The number of ether oxygens (including phenoxy) is 1. The summed E-state index contributed by atoms with van der Waals surface area (Å²) in [6.45, 7) is 1.53. The molecule has 0 aliphatic carbocycles. The van der Waals surface area contributed by atoms with Crippen molar-refractivity contribution in [1.82, 2.24) is 9.55 Å². The van der Waals surface area contributed by atoms with E-state index in [9.17, 15) is 4.39 Å². The maximum absolute atomic E-state index is 13.7. The number of aromatic nitrogens is 2. The number of benzene rings is 2. The number of halogens is 2. The van der Waals surface area contributed by atoms with Crippen molar-refractivity contribution >= 4 is 37.9 Å². The fraction of sp³-hybridized carbons (Fsp3) is 0.261. The molecule has 5 heteroatoms. The van der Waals surface area contributed by atoms with Crippen LogP contribution in [0.1, 0.15) is 24.4 Å². The van der Waals surface area contributed by atoms with Crippen molar-refractivity contribution in [3.8, 4) is 0 Å². The van der Waals surface area contributed by atoms with E-state index in [4.69, 9.17) is 9.72 Å². The van der Waals surface area contributed by atoms with Crippen LogP contribution in [0.25, 0.3) is 21.9 Å². The van der Waals surface area contributed by atoms with Gasteiger partial charge in [0.05, 0.1) is 22.6 Å². The van der Waals surface area contributed by atoms with Gasteiger partial charge in [-0.25, -0.2) is 4.39 Å². The summed E-state index contributed by atoms with van der Waals surface area (Å²) in [5, 5.41) is 1.14. The van der Waals surface area contributed by atoms with E-state index in [0.29, 0.717) is 5.92 Å². The SMILES string of the molecule is Fc1ccc([C@H](C2CCOCC2)n2c3ccccc3c3ncc(Br)cc32)cc1. The zero-order valence-electron chi connectivity index (χ0n) is 15.3. The molecule has 5 rings (SSSR count). The molecule has 142 valence electrons. The Morgan fingerprint density at radius 2 is 1.79 bits per heavy atom. The second-order valence-electron chi connectivity index (χ2n) is 7.35. The van der Waals surface area contributed by atoms with Crippen molar-refractivity contribution in [2.75, 3.05) is 13.2 Å². The predicted octanol–water partition coefficient (Wildman–Crippen LogP) is 6.11. The number of pyridine rings is 1. The molecule has 1 aliphatic rings. The molecule has 0 radical (unpaired) electrons. The first-order valence-corrected chi connectivity index (χ1v) is 10.4. The van der Waals surface area contributed by atoms with Gasteiger partial charge in [-0.05, 0) is 64.5 Å². The Kier molecular flexibility index (Phi) is 4.65. The molecule has 1 fully saturated rings. The summed E-state index contributed by atoms with van der Waals surface area (Å²) < 4.78 is 22.6. The molecule has 28 heavy (non-hydrogen) atoms. The van der Waals surface area contributed by atoms with Gasteiger partial charge in [0.1, 0.15) is 5.82 Å². The fourth-order valence-electron chi connectivity index (χ4n) is 4.46. The predicted molar refractivity (Wildman–Crippen MR) is 113 cm³/mol. The summed E-state index contributed by atoms with van der Waals surface area (Å²) in [5.74, 6) is 0.207. The van der Waals surface area contributed by atoms with E-state index < -0.39 is 0 Å². The Balaban J connectivity index is 1.81. The third-order valence-electron chi connectivity index (χ3n) is 5.71. The van der Waals surface area contributed by atoms with E-state index in [0.717, 1.165) is 58.0 Å². The lowest BCUT2D eigenvalue weighted by molar-refractivity contribution is 0.0552. The summed E-state index contributed by atoms with van der Waals surface area (Å²) in [6, 6.07) is 17.6. The van der Waals surface area contributed by atoms with Gasteiger partial charge < -0.3 is 9.30 Å². The molecule has 1 aliphatic heterocycles. The first kappa shape index (κ1) is 17.8. The molecule has 1 saturated heterocycles. The summed E-state index contributed by atoms with van der Waals surface area (Å²) in [6.07, 6.45) is 3.81. The van der Waals surface area contributed by atoms with Crippen molar-refractivity contribution < 1.29 is 9.13 Å². The largest absolute Gasteiger partial charge is 0.381 e. The highest BCUT2D eigenvalue weighted by Gasteiger charge is 2.30. The normalized spacial score (nSPS) is 16.6. The van der Waals surface area contributed by atoms with Gasteiger partial charge in [-0.1, -0.05) is 30.3 Å². The van der Waals surface area contributed by atoms with Crippen LogP contribution in [0.3, 0.4) is 0 Å². The van der Waals surface area contributed by atoms with Gasteiger partial charge in [-0.3, -0.25) is 4.98 Å². The second-order valence-corrected chi connectivity index (χ2v) is 8.27. The van der Waals surface area contributed by atoms with Gasteiger partial charge in [0.25, 0.3) is 0 Å². The van der Waals surface area contributed by atoms with Crippen LogP contribution in [-0.2, 0) is 4.74 Å². The molecule has 4 aromatic rings. The molecule has 0 unspecified atom stereocenters. The maximum atomic E-state index is 13.7. The monoisotopic (exact) mass is 438 g/mol. The van der Waals surface area contributed by atoms with Crippen LogP contribution in [0.4, 0.5) is 4.39 Å². The van der Waals surface area contributed by atoms with E-state index in [1.165, 1.54) is 0 Å². The van der Waals surface area contributed by atoms with E-state index in [2.05, 4.69) is 50.8 Å². The highest BCUT2D eigenvalue weighted by atomic mass is 79.9. The Bertz CT molecular complexity index is 1130. The molecular weight excluding hydrogens is 419 g/mol. The van der Waals surface area contributed by atoms with Crippen LogP contribution in [0.15, 0.2) is 65.3 Å². The van der Waals surface area contributed by atoms with Crippen molar-refractivity contribution in [1.29, 1.82) is 0 Å². The lowest BCUT2D eigenvalue weighted by atomic mass is 9.86. The summed E-state index contributed by atoms with van der Waals surface area (Å²) in [7, 11) is 0. The molecule has 0 bridgehead atoms. The smallest absolute Gasteiger partial charge is 0.123 e. The average Bonchev–Trinajstić information content (AvgIpc) is 3.04. The fourth-order valence-corrected chi connectivity index (χ4v) is 4.78. The Labute approximate surface area is 171 Å². The molecule has 0 saturated carbocycles. The molecule has 3 nitrogen and oxygen atoms in total. The van der Waals surface area contributed by atoms with E-state index in [-0.39, 0.29) is 11.9 Å². The van der Waals surface area contributed by atoms with Crippen LogP contribution in [0, 0.1) is 11.7 Å². The lowest BCUT2D eigenvalue weighted by Gasteiger charge is -2.33. The molecule has 0 amide bonds. The molecule has 3 heterocycles. The van der Waals surface area contributed by atoms with Crippen LogP contribution in [0.5, 0.6) is 0 Å². The van der Waals surface area contributed by atoms with Gasteiger partial charge in [0.2, 0.25) is 0 Å². The quantitative estimate of drug-likeness (QED) is 0.385. The first-order chi connectivity index (χ1) is 13.7. The second kappa shape index (κ2) is 7.30. The van der Waals surface area contributed by atoms with Crippen LogP contribution in [0.2, 0.25) is 0 Å². The standard InChI is InChI=1S/C23H20BrFN2O/c24-17-13-21-22(26-14-17)19-3-1-2-4-20(19)27(21)23(16-9-11-28-12-10-16)15-5-7-18(25)8-6-15/h1-8,13-14,16,23H,9-12H2/t23-/m1/s1. The highest BCUT2D eigenvalue weighted by molar-refractivity contribution is 9.10. The Morgan fingerprint density at radius 3 is 2.57 bits per heavy atom. The number of hydrogen-bond acceptors (Lipinski definition) is 2. The number of hydrogen-bond donors (Lipinski definition) is 0. The lowest BCUT2D eigenvalue weighted by Crippen LogP contribution is -2.26. The van der Waals surface area contributed by atoms with Crippen LogP contribution in [-0.4, -0.2) is 22.8 Å². The summed E-state index contributed by atoms with van der Waals surface area (Å²) in [5.41, 5.74) is 4.37. The number of nitrogens with zero attached hydrogens (tertiary/aromatic N) is 2. The van der Waals surface area contributed by atoms with Gasteiger partial charge in [0, 0.05) is 29.3 Å². The van der Waals surface area contributed by atoms with Crippen molar-refractivity contribution in [3.05, 3.63) is 76.6 Å². The highest BCUT2D eigenvalue weighted by Crippen LogP contribution is 2.40. The minimum Gasteiger partial charge on any atom is -0.381 e. The zero-order valence-corrected chi connectivity index (χ0v) is 16.9. The third-order valence-corrected chi connectivity index (χ3v) is 6.15. The van der Waals surface area contributed by atoms with E-state index in [1.807, 2.05) is 18.3 Å². The molecular formula is C23H20BrFN2O. The molecule has 1 atom stereocenters. The minimum atomic E-state index is -0.207. The minimum absolute atomic E-state index is 0.1000.